The van der Waals surface area contributed by atoms with Gasteiger partial charge in [0.05, 0.1) is 12.6 Å². The van der Waals surface area contributed by atoms with Gasteiger partial charge in [0.25, 0.3) is 0 Å². The Morgan fingerprint density at radius 3 is 2.81 bits per heavy atom. The van der Waals surface area contributed by atoms with E-state index < -0.39 is 29.6 Å². The highest BCUT2D eigenvalue weighted by Gasteiger charge is 2.49. The molecule has 2 atom stereocenters. The van der Waals surface area contributed by atoms with E-state index in [-0.39, 0.29) is 6.61 Å². The van der Waals surface area contributed by atoms with Crippen LogP contribution in [0.1, 0.15) is 45.7 Å². The van der Waals surface area contributed by atoms with Crippen LogP contribution in [0.4, 0.5) is 4.79 Å². The third kappa shape index (κ3) is 3.53. The number of nitrogens with zero attached hydrogens (tertiary/aromatic N) is 2. The summed E-state index contributed by atoms with van der Waals surface area (Å²) in [6, 6.07) is -0.513. The van der Waals surface area contributed by atoms with E-state index in [2.05, 4.69) is 4.98 Å². The average Bonchev–Trinajstić information content (AvgIpc) is 2.92. The van der Waals surface area contributed by atoms with E-state index >= 15 is 0 Å². The van der Waals surface area contributed by atoms with Crippen molar-refractivity contribution in [1.29, 1.82) is 0 Å². The van der Waals surface area contributed by atoms with Crippen LogP contribution in [-0.4, -0.2) is 45.1 Å². The Balaban J connectivity index is 2.23. The molecule has 0 bridgehead atoms. The minimum atomic E-state index is -0.890. The summed E-state index contributed by atoms with van der Waals surface area (Å²) in [7, 11) is 0. The Morgan fingerprint density at radius 1 is 1.62 bits per heavy atom. The minimum Gasteiger partial charge on any atom is -0.444 e. The summed E-state index contributed by atoms with van der Waals surface area (Å²) < 4.78 is 11.1. The third-order valence-corrected chi connectivity index (χ3v) is 4.02. The largest absolute Gasteiger partial charge is 0.444 e. The summed E-state index contributed by atoms with van der Waals surface area (Å²) in [5, 5.41) is 12.8. The zero-order chi connectivity index (χ0) is 15.8. The fourth-order valence-electron chi connectivity index (χ4n) is 2.28. The Morgan fingerprint density at radius 2 is 2.29 bits per heavy atom. The SMILES string of the molecule is CC(C)(C)OC(=O)N1C(C(O)c2nccs2)COC1(C)C. The maximum atomic E-state index is 12.5. The van der Waals surface area contributed by atoms with Crippen LogP contribution in [0.2, 0.25) is 0 Å². The van der Waals surface area contributed by atoms with Crippen LogP contribution in [-0.2, 0) is 9.47 Å². The van der Waals surface area contributed by atoms with Crippen molar-refractivity contribution in [2.45, 2.75) is 58.1 Å². The molecule has 0 spiro atoms. The van der Waals surface area contributed by atoms with Crippen LogP contribution in [0.3, 0.4) is 0 Å². The van der Waals surface area contributed by atoms with Gasteiger partial charge in [-0.05, 0) is 34.6 Å². The lowest BCUT2D eigenvalue weighted by atomic mass is 10.1. The number of ether oxygens (including phenoxy) is 2. The van der Waals surface area contributed by atoms with Crippen molar-refractivity contribution >= 4 is 17.4 Å². The number of hydrogen-bond acceptors (Lipinski definition) is 6. The molecular formula is C14H22N2O4S. The van der Waals surface area contributed by atoms with E-state index in [9.17, 15) is 9.90 Å². The van der Waals surface area contributed by atoms with Crippen molar-refractivity contribution in [2.75, 3.05) is 6.61 Å². The van der Waals surface area contributed by atoms with Gasteiger partial charge in [-0.2, -0.15) is 0 Å². The van der Waals surface area contributed by atoms with Crippen molar-refractivity contribution < 1.29 is 19.4 Å². The van der Waals surface area contributed by atoms with Gasteiger partial charge in [-0.1, -0.05) is 0 Å². The topological polar surface area (TPSA) is 71.9 Å². The molecule has 0 saturated carbocycles. The van der Waals surface area contributed by atoms with E-state index in [1.54, 1.807) is 46.2 Å². The maximum absolute atomic E-state index is 12.5. The van der Waals surface area contributed by atoms with Gasteiger partial charge >= 0.3 is 6.09 Å². The van der Waals surface area contributed by atoms with Crippen molar-refractivity contribution in [1.82, 2.24) is 9.88 Å². The van der Waals surface area contributed by atoms with Gasteiger partial charge in [0.15, 0.2) is 0 Å². The number of hydrogen-bond donors (Lipinski definition) is 1. The molecule has 1 aromatic heterocycles. The molecule has 1 N–H and O–H groups in total. The first-order valence-corrected chi connectivity index (χ1v) is 7.73. The number of aliphatic hydroxyl groups excluding tert-OH is 1. The van der Waals surface area contributed by atoms with E-state index in [4.69, 9.17) is 9.47 Å². The second-order valence-corrected chi connectivity index (χ2v) is 7.42. The molecule has 1 saturated heterocycles. The predicted molar refractivity (Wildman–Crippen MR) is 79.0 cm³/mol. The Bertz CT molecular complexity index is 496. The van der Waals surface area contributed by atoms with Gasteiger partial charge in [-0.3, -0.25) is 4.90 Å². The van der Waals surface area contributed by atoms with Crippen molar-refractivity contribution in [3.05, 3.63) is 16.6 Å². The van der Waals surface area contributed by atoms with Crippen LogP contribution in [0, 0.1) is 0 Å². The second-order valence-electron chi connectivity index (χ2n) is 6.49. The lowest BCUT2D eigenvalue weighted by molar-refractivity contribution is -0.0679. The molecule has 2 rings (SSSR count). The fraction of sp³-hybridized carbons (Fsp3) is 0.714. The van der Waals surface area contributed by atoms with E-state index in [0.717, 1.165) is 0 Å². The molecule has 1 aliphatic heterocycles. The summed E-state index contributed by atoms with van der Waals surface area (Å²) in [4.78, 5) is 18.0. The van der Waals surface area contributed by atoms with Crippen molar-refractivity contribution in [3.8, 4) is 0 Å². The highest BCUT2D eigenvalue weighted by molar-refractivity contribution is 7.09. The molecule has 7 heteroatoms. The van der Waals surface area contributed by atoms with Crippen molar-refractivity contribution in [2.24, 2.45) is 0 Å². The molecule has 6 nitrogen and oxygen atoms in total. The van der Waals surface area contributed by atoms with Gasteiger partial charge in [0.1, 0.15) is 22.4 Å². The standard InChI is InChI=1S/C14H22N2O4S/c1-13(2,3)20-12(18)16-9(8-19-14(16,4)5)10(17)11-15-6-7-21-11/h6-7,9-10,17H,8H2,1-5H3. The molecule has 1 aliphatic rings. The first-order chi connectivity index (χ1) is 9.62. The third-order valence-electron chi connectivity index (χ3n) is 3.18. The number of carbonyl (C=O) groups excluding carboxylic acids is 1. The first kappa shape index (κ1) is 16.2. The number of rotatable bonds is 2. The quantitative estimate of drug-likeness (QED) is 0.908. The fourth-order valence-corrected chi connectivity index (χ4v) is 2.96. The molecule has 118 valence electrons. The van der Waals surface area contributed by atoms with Crippen LogP contribution in [0.25, 0.3) is 0 Å². The van der Waals surface area contributed by atoms with Gasteiger partial charge in [0, 0.05) is 11.6 Å². The summed E-state index contributed by atoms with van der Waals surface area (Å²) in [6.07, 6.45) is 0.243. The zero-order valence-electron chi connectivity index (χ0n) is 13.0. The van der Waals surface area contributed by atoms with E-state index in [1.165, 1.54) is 16.2 Å². The van der Waals surface area contributed by atoms with Gasteiger partial charge in [-0.15, -0.1) is 11.3 Å². The van der Waals surface area contributed by atoms with E-state index in [1.807, 2.05) is 0 Å². The Hall–Kier alpha value is -1.18. The first-order valence-electron chi connectivity index (χ1n) is 6.85. The summed E-state index contributed by atoms with van der Waals surface area (Å²) in [6.45, 7) is 9.23. The molecule has 1 amide bonds. The van der Waals surface area contributed by atoms with Gasteiger partial charge in [-0.25, -0.2) is 9.78 Å². The summed E-state index contributed by atoms with van der Waals surface area (Å²) >= 11 is 1.35. The Kier molecular flexibility index (Phi) is 4.28. The lowest BCUT2D eigenvalue weighted by Gasteiger charge is -2.36. The maximum Gasteiger partial charge on any atom is 0.413 e. The molecular weight excluding hydrogens is 292 g/mol. The van der Waals surface area contributed by atoms with Crippen molar-refractivity contribution in [3.63, 3.8) is 0 Å². The second kappa shape index (κ2) is 5.55. The monoisotopic (exact) mass is 314 g/mol. The Labute approximate surface area is 128 Å². The predicted octanol–water partition coefficient (Wildman–Crippen LogP) is 2.55. The minimum absolute atomic E-state index is 0.243. The number of amides is 1. The van der Waals surface area contributed by atoms with E-state index in [0.29, 0.717) is 5.01 Å². The molecule has 2 unspecified atom stereocenters. The normalized spacial score (nSPS) is 23.1. The van der Waals surface area contributed by atoms with Crippen LogP contribution in [0.15, 0.2) is 11.6 Å². The average molecular weight is 314 g/mol. The highest BCUT2D eigenvalue weighted by Crippen LogP contribution is 2.35. The van der Waals surface area contributed by atoms with Crippen LogP contribution >= 0.6 is 11.3 Å². The molecule has 0 radical (unpaired) electrons. The molecule has 1 fully saturated rings. The summed E-state index contributed by atoms with van der Waals surface area (Å²) in [5.41, 5.74) is -1.43. The van der Waals surface area contributed by atoms with Crippen LogP contribution in [0.5, 0.6) is 0 Å². The summed E-state index contributed by atoms with van der Waals surface area (Å²) in [5.74, 6) is 0. The molecule has 2 heterocycles. The molecule has 0 aromatic carbocycles. The molecule has 1 aromatic rings. The highest BCUT2D eigenvalue weighted by atomic mass is 32.1. The smallest absolute Gasteiger partial charge is 0.413 e. The number of thiazole rings is 1. The van der Waals surface area contributed by atoms with Crippen LogP contribution < -0.4 is 0 Å². The lowest BCUT2D eigenvalue weighted by Crippen LogP contribution is -2.51. The zero-order valence-corrected chi connectivity index (χ0v) is 13.8. The molecule has 21 heavy (non-hydrogen) atoms. The van der Waals surface area contributed by atoms with Gasteiger partial charge in [0.2, 0.25) is 0 Å². The number of aliphatic hydroxyl groups is 1. The number of carbonyl (C=O) groups is 1. The van der Waals surface area contributed by atoms with Gasteiger partial charge < -0.3 is 14.6 Å². The molecule has 0 aliphatic carbocycles. The number of aromatic nitrogens is 1.